The van der Waals surface area contributed by atoms with Gasteiger partial charge in [-0.3, -0.25) is 18.7 Å². The predicted molar refractivity (Wildman–Crippen MR) is 148 cm³/mol. The number of nitrogens with one attached hydrogen (secondary N) is 1. The summed E-state index contributed by atoms with van der Waals surface area (Å²) >= 11 is 1.30. The summed E-state index contributed by atoms with van der Waals surface area (Å²) in [6.07, 6.45) is 0. The summed E-state index contributed by atoms with van der Waals surface area (Å²) in [6, 6.07) is 19.7. The summed E-state index contributed by atoms with van der Waals surface area (Å²) < 4.78 is 19.8. The van der Waals surface area contributed by atoms with E-state index in [1.807, 2.05) is 36.4 Å². The molecule has 0 saturated carbocycles. The minimum absolute atomic E-state index is 0.000211. The van der Waals surface area contributed by atoms with Crippen LogP contribution in [0, 0.1) is 0 Å². The van der Waals surface area contributed by atoms with Crippen LogP contribution in [0.2, 0.25) is 0 Å². The smallest absolute Gasteiger partial charge is 0.332 e. The van der Waals surface area contributed by atoms with E-state index < -0.39 is 17.2 Å². The van der Waals surface area contributed by atoms with E-state index in [4.69, 9.17) is 14.2 Å². The number of thiophene rings is 1. The van der Waals surface area contributed by atoms with E-state index in [2.05, 4.69) is 5.32 Å². The molecule has 1 N–H and O–H groups in total. The highest BCUT2D eigenvalue weighted by Crippen LogP contribution is 2.32. The predicted octanol–water partition coefficient (Wildman–Crippen LogP) is 4.09. The lowest BCUT2D eigenvalue weighted by Crippen LogP contribution is -2.41. The van der Waals surface area contributed by atoms with Crippen molar-refractivity contribution >= 4 is 43.2 Å². The molecule has 5 rings (SSSR count). The summed E-state index contributed by atoms with van der Waals surface area (Å²) in [5.41, 5.74) is 0.543. The SMILES string of the molecule is COc1ccc(NC(=O)Cn2c(=O)n(Cc3ccccc3OC)c(=O)c3sc4ccccc4c32)c(OC)c1. The topological polar surface area (TPSA) is 101 Å². The maximum absolute atomic E-state index is 13.8. The fraction of sp³-hybridized carbons (Fsp3) is 0.179. The van der Waals surface area contributed by atoms with Gasteiger partial charge in [-0.05, 0) is 24.3 Å². The van der Waals surface area contributed by atoms with Crippen molar-refractivity contribution in [2.45, 2.75) is 13.1 Å². The highest BCUT2D eigenvalue weighted by molar-refractivity contribution is 7.25. The van der Waals surface area contributed by atoms with Gasteiger partial charge < -0.3 is 19.5 Å². The van der Waals surface area contributed by atoms with Crippen molar-refractivity contribution in [3.05, 3.63) is 93.1 Å². The fourth-order valence-corrected chi connectivity index (χ4v) is 5.58. The molecule has 10 heteroatoms. The van der Waals surface area contributed by atoms with E-state index in [1.165, 1.54) is 37.2 Å². The quantitative estimate of drug-likeness (QED) is 0.324. The van der Waals surface area contributed by atoms with Gasteiger partial charge in [-0.2, -0.15) is 0 Å². The van der Waals surface area contributed by atoms with Crippen molar-refractivity contribution in [3.63, 3.8) is 0 Å². The first-order valence-electron chi connectivity index (χ1n) is 11.7. The molecular weight excluding hydrogens is 506 g/mol. The average Bonchev–Trinajstić information content (AvgIpc) is 3.33. The van der Waals surface area contributed by atoms with Crippen molar-refractivity contribution in [3.8, 4) is 17.2 Å². The van der Waals surface area contributed by atoms with Crippen LogP contribution >= 0.6 is 11.3 Å². The molecule has 2 heterocycles. The molecule has 5 aromatic rings. The Labute approximate surface area is 221 Å². The van der Waals surface area contributed by atoms with Crippen LogP contribution in [-0.4, -0.2) is 36.4 Å². The Morgan fingerprint density at radius 1 is 0.868 bits per heavy atom. The number of anilines is 1. The number of aromatic nitrogens is 2. The van der Waals surface area contributed by atoms with Gasteiger partial charge in [0.05, 0.1) is 39.1 Å². The van der Waals surface area contributed by atoms with Gasteiger partial charge in [-0.1, -0.05) is 36.4 Å². The molecule has 0 aliphatic carbocycles. The van der Waals surface area contributed by atoms with Crippen molar-refractivity contribution in [2.75, 3.05) is 26.6 Å². The molecule has 0 unspecified atom stereocenters. The Kier molecular flexibility index (Phi) is 6.89. The van der Waals surface area contributed by atoms with E-state index in [9.17, 15) is 14.4 Å². The number of fused-ring (bicyclic) bond motifs is 3. The van der Waals surface area contributed by atoms with Gasteiger partial charge in [0, 0.05) is 21.7 Å². The number of carbonyl (C=O) groups excluding carboxylic acids is 1. The van der Waals surface area contributed by atoms with E-state index in [1.54, 1.807) is 30.3 Å². The molecule has 0 atom stereocenters. The lowest BCUT2D eigenvalue weighted by Gasteiger charge is -2.15. The zero-order chi connectivity index (χ0) is 26.8. The number of nitrogens with zero attached hydrogens (tertiary/aromatic N) is 2. The molecule has 0 radical (unpaired) electrons. The number of amides is 1. The molecule has 0 spiro atoms. The highest BCUT2D eigenvalue weighted by Gasteiger charge is 2.21. The molecule has 0 aliphatic heterocycles. The lowest BCUT2D eigenvalue weighted by molar-refractivity contribution is -0.116. The van der Waals surface area contributed by atoms with Crippen molar-refractivity contribution in [1.82, 2.24) is 9.13 Å². The van der Waals surface area contributed by atoms with Crippen molar-refractivity contribution < 1.29 is 19.0 Å². The minimum atomic E-state index is -0.589. The monoisotopic (exact) mass is 531 g/mol. The third-order valence-electron chi connectivity index (χ3n) is 6.25. The molecule has 0 saturated heterocycles. The van der Waals surface area contributed by atoms with Crippen LogP contribution in [0.1, 0.15) is 5.56 Å². The van der Waals surface area contributed by atoms with Gasteiger partial charge in [-0.25, -0.2) is 4.79 Å². The van der Waals surface area contributed by atoms with Crippen LogP contribution < -0.4 is 30.8 Å². The number of carbonyl (C=O) groups is 1. The summed E-state index contributed by atoms with van der Waals surface area (Å²) in [5, 5.41) is 3.55. The second kappa shape index (κ2) is 10.4. The number of hydrogen-bond donors (Lipinski definition) is 1. The van der Waals surface area contributed by atoms with Gasteiger partial charge >= 0.3 is 5.69 Å². The van der Waals surface area contributed by atoms with Gasteiger partial charge in [0.1, 0.15) is 28.5 Å². The summed E-state index contributed by atoms with van der Waals surface area (Å²) in [7, 11) is 4.56. The maximum atomic E-state index is 13.8. The Morgan fingerprint density at radius 3 is 2.37 bits per heavy atom. The third kappa shape index (κ3) is 4.50. The van der Waals surface area contributed by atoms with E-state index >= 15 is 0 Å². The number of methoxy groups -OCH3 is 3. The molecule has 38 heavy (non-hydrogen) atoms. The van der Waals surface area contributed by atoms with Crippen molar-refractivity contribution in [1.29, 1.82) is 0 Å². The minimum Gasteiger partial charge on any atom is -0.497 e. The van der Waals surface area contributed by atoms with Crippen LogP contribution in [0.4, 0.5) is 5.69 Å². The zero-order valence-corrected chi connectivity index (χ0v) is 21.8. The number of hydrogen-bond acceptors (Lipinski definition) is 7. The molecule has 0 fully saturated rings. The molecule has 1 amide bonds. The second-order valence-corrected chi connectivity index (χ2v) is 9.51. The normalized spacial score (nSPS) is 11.0. The highest BCUT2D eigenvalue weighted by atomic mass is 32.1. The van der Waals surface area contributed by atoms with Gasteiger partial charge in [-0.15, -0.1) is 11.3 Å². The standard InChI is InChI=1S/C28H25N3O6S/c1-35-18-12-13-20(22(14-18)37-3)29-24(32)16-30-25-19-9-5-7-11-23(19)38-26(25)27(33)31(28(30)34)15-17-8-4-6-10-21(17)36-2/h4-14H,15-16H2,1-3H3,(H,29,32). The first-order valence-corrected chi connectivity index (χ1v) is 12.6. The lowest BCUT2D eigenvalue weighted by atomic mass is 10.2. The van der Waals surface area contributed by atoms with Crippen molar-refractivity contribution in [2.24, 2.45) is 0 Å². The van der Waals surface area contributed by atoms with Gasteiger partial charge in [0.15, 0.2) is 0 Å². The molecule has 0 aliphatic rings. The molecule has 0 bridgehead atoms. The summed E-state index contributed by atoms with van der Waals surface area (Å²) in [5.74, 6) is 1.10. The van der Waals surface area contributed by atoms with Crippen LogP contribution in [-0.2, 0) is 17.9 Å². The Balaban J connectivity index is 1.63. The molecule has 2 aromatic heterocycles. The van der Waals surface area contributed by atoms with Gasteiger partial charge in [0.25, 0.3) is 5.56 Å². The number of para-hydroxylation sites is 1. The van der Waals surface area contributed by atoms with E-state index in [0.717, 1.165) is 14.7 Å². The summed E-state index contributed by atoms with van der Waals surface area (Å²) in [6.45, 7) is -0.308. The molecular formula is C28H25N3O6S. The first-order chi connectivity index (χ1) is 18.4. The fourth-order valence-electron chi connectivity index (χ4n) is 4.42. The number of rotatable bonds is 8. The van der Waals surface area contributed by atoms with E-state index in [-0.39, 0.29) is 13.1 Å². The number of benzene rings is 3. The summed E-state index contributed by atoms with van der Waals surface area (Å²) in [4.78, 5) is 40.7. The Bertz CT molecular complexity index is 1790. The van der Waals surface area contributed by atoms with Crippen LogP contribution in [0.15, 0.2) is 76.3 Å². The molecule has 3 aromatic carbocycles. The van der Waals surface area contributed by atoms with E-state index in [0.29, 0.717) is 38.7 Å². The number of ether oxygens (including phenoxy) is 3. The molecule has 194 valence electrons. The molecule has 9 nitrogen and oxygen atoms in total. The second-order valence-electron chi connectivity index (χ2n) is 8.46. The Morgan fingerprint density at radius 2 is 1.61 bits per heavy atom. The first kappa shape index (κ1) is 25.1. The Hall–Kier alpha value is -4.57. The van der Waals surface area contributed by atoms with Crippen LogP contribution in [0.3, 0.4) is 0 Å². The maximum Gasteiger partial charge on any atom is 0.332 e. The average molecular weight is 532 g/mol. The third-order valence-corrected chi connectivity index (χ3v) is 7.39. The van der Waals surface area contributed by atoms with Crippen LogP contribution in [0.25, 0.3) is 20.3 Å². The largest absolute Gasteiger partial charge is 0.497 e. The van der Waals surface area contributed by atoms with Gasteiger partial charge in [0.2, 0.25) is 5.91 Å². The zero-order valence-electron chi connectivity index (χ0n) is 21.0. The van der Waals surface area contributed by atoms with Crippen LogP contribution in [0.5, 0.6) is 17.2 Å².